The first kappa shape index (κ1) is 29.4. The normalized spacial score (nSPS) is 11.4. The van der Waals surface area contributed by atoms with Gasteiger partial charge in [-0.05, 0) is 30.7 Å². The van der Waals surface area contributed by atoms with E-state index in [2.05, 4.69) is 6.92 Å². The molecule has 0 spiro atoms. The summed E-state index contributed by atoms with van der Waals surface area (Å²) in [5.41, 5.74) is -1.72. The van der Waals surface area contributed by atoms with E-state index < -0.39 is 28.3 Å². The average molecular weight is 530 g/mol. The molecule has 2 aromatic rings. The smallest absolute Gasteiger partial charge is 0.416 e. The third-order valence-corrected chi connectivity index (χ3v) is 5.90. The van der Waals surface area contributed by atoms with Gasteiger partial charge in [0, 0.05) is 12.1 Å². The number of carbonyl (C=O) groups is 1. The maximum Gasteiger partial charge on any atom is 0.416 e. The van der Waals surface area contributed by atoms with Gasteiger partial charge in [0.2, 0.25) is 0 Å². The SMILES string of the molecule is CCCCCCCCCCCCOC(=O)c1cc(Oc2ccc(C(F)(F)F)cc2Cl)ccc1[N+](=O)[O-]. The second-order valence-corrected chi connectivity index (χ2v) is 8.91. The van der Waals surface area contributed by atoms with Crippen molar-refractivity contribution in [2.24, 2.45) is 0 Å². The van der Waals surface area contributed by atoms with Crippen LogP contribution in [-0.2, 0) is 10.9 Å². The van der Waals surface area contributed by atoms with E-state index in [9.17, 15) is 28.1 Å². The molecule has 0 bridgehead atoms. The molecule has 0 atom stereocenters. The lowest BCUT2D eigenvalue weighted by Crippen LogP contribution is -2.09. The van der Waals surface area contributed by atoms with Crippen molar-refractivity contribution in [1.29, 1.82) is 0 Å². The zero-order valence-electron chi connectivity index (χ0n) is 20.2. The Morgan fingerprint density at radius 2 is 1.56 bits per heavy atom. The number of hydrogen-bond donors (Lipinski definition) is 0. The second kappa shape index (κ2) is 14.7. The molecule has 0 aliphatic heterocycles. The molecular formula is C26H31ClF3NO5. The predicted molar refractivity (Wildman–Crippen MR) is 132 cm³/mol. The van der Waals surface area contributed by atoms with E-state index >= 15 is 0 Å². The molecule has 0 fully saturated rings. The molecule has 2 rings (SSSR count). The molecule has 198 valence electrons. The van der Waals surface area contributed by atoms with Gasteiger partial charge in [0.05, 0.1) is 22.1 Å². The number of hydrogen-bond acceptors (Lipinski definition) is 5. The Hall–Kier alpha value is -2.81. The summed E-state index contributed by atoms with van der Waals surface area (Å²) in [5.74, 6) is -0.974. The van der Waals surface area contributed by atoms with Gasteiger partial charge in [-0.1, -0.05) is 76.3 Å². The molecule has 0 unspecified atom stereocenters. The number of nitro groups is 1. The predicted octanol–water partition coefficient (Wildman–Crippen LogP) is 9.14. The van der Waals surface area contributed by atoms with Crippen LogP contribution < -0.4 is 4.74 Å². The van der Waals surface area contributed by atoms with Crippen LogP contribution in [0.2, 0.25) is 5.02 Å². The summed E-state index contributed by atoms with van der Waals surface area (Å²) in [4.78, 5) is 23.2. The number of halogens is 4. The largest absolute Gasteiger partial charge is 0.462 e. The van der Waals surface area contributed by atoms with E-state index in [1.807, 2.05) is 0 Å². The van der Waals surface area contributed by atoms with Crippen molar-refractivity contribution in [2.75, 3.05) is 6.61 Å². The minimum Gasteiger partial charge on any atom is -0.462 e. The number of nitrogens with zero attached hydrogens (tertiary/aromatic N) is 1. The lowest BCUT2D eigenvalue weighted by atomic mass is 10.1. The number of nitro benzene ring substituents is 1. The summed E-state index contributed by atoms with van der Waals surface area (Å²) in [6.45, 7) is 2.32. The van der Waals surface area contributed by atoms with Gasteiger partial charge < -0.3 is 9.47 Å². The molecule has 2 aromatic carbocycles. The van der Waals surface area contributed by atoms with Crippen LogP contribution in [-0.4, -0.2) is 17.5 Å². The molecule has 0 radical (unpaired) electrons. The van der Waals surface area contributed by atoms with Crippen LogP contribution in [0.3, 0.4) is 0 Å². The number of rotatable bonds is 15. The van der Waals surface area contributed by atoms with Gasteiger partial charge in [0.15, 0.2) is 0 Å². The zero-order valence-corrected chi connectivity index (χ0v) is 21.0. The second-order valence-electron chi connectivity index (χ2n) is 8.50. The van der Waals surface area contributed by atoms with Gasteiger partial charge in [0.1, 0.15) is 17.1 Å². The summed E-state index contributed by atoms with van der Waals surface area (Å²) >= 11 is 5.90. The maximum absolute atomic E-state index is 12.8. The Balaban J connectivity index is 1.91. The third-order valence-electron chi connectivity index (χ3n) is 5.60. The fourth-order valence-corrected chi connectivity index (χ4v) is 3.84. The Morgan fingerprint density at radius 3 is 2.11 bits per heavy atom. The molecule has 6 nitrogen and oxygen atoms in total. The van der Waals surface area contributed by atoms with Crippen molar-refractivity contribution in [3.05, 3.63) is 62.7 Å². The number of ether oxygens (including phenoxy) is 2. The molecule has 0 saturated heterocycles. The van der Waals surface area contributed by atoms with Crippen LogP contribution in [0.5, 0.6) is 11.5 Å². The summed E-state index contributed by atoms with van der Waals surface area (Å²) in [7, 11) is 0. The molecule has 0 heterocycles. The highest BCUT2D eigenvalue weighted by atomic mass is 35.5. The van der Waals surface area contributed by atoms with E-state index in [-0.39, 0.29) is 28.7 Å². The topological polar surface area (TPSA) is 78.7 Å². The highest BCUT2D eigenvalue weighted by Gasteiger charge is 2.31. The molecule has 0 amide bonds. The number of unbranched alkanes of at least 4 members (excludes halogenated alkanes) is 9. The summed E-state index contributed by atoms with van der Waals surface area (Å²) in [6.07, 6.45) is 6.59. The van der Waals surface area contributed by atoms with Gasteiger partial charge in [-0.15, -0.1) is 0 Å². The standard InChI is InChI=1S/C26H31ClF3NO5/c1-2-3-4-5-6-7-8-9-10-11-16-35-25(32)21-18-20(13-14-23(21)31(33)34)36-24-15-12-19(17-22(24)27)26(28,29)30/h12-15,17-18H,2-11,16H2,1H3. The molecule has 0 aliphatic carbocycles. The van der Waals surface area contributed by atoms with Crippen LogP contribution in [0.4, 0.5) is 18.9 Å². The molecule has 0 aliphatic rings. The molecule has 10 heteroatoms. The zero-order chi connectivity index (χ0) is 26.6. The van der Waals surface area contributed by atoms with Gasteiger partial charge >= 0.3 is 12.1 Å². The first-order valence-electron chi connectivity index (χ1n) is 12.1. The Kier molecular flexibility index (Phi) is 12.0. The van der Waals surface area contributed by atoms with Gasteiger partial charge in [-0.2, -0.15) is 13.2 Å². The Bertz CT molecular complexity index is 1010. The van der Waals surface area contributed by atoms with Crippen molar-refractivity contribution in [1.82, 2.24) is 0 Å². The van der Waals surface area contributed by atoms with Crippen LogP contribution in [0.1, 0.15) is 87.1 Å². The molecule has 0 N–H and O–H groups in total. The fraction of sp³-hybridized carbons (Fsp3) is 0.500. The van der Waals surface area contributed by atoms with Crippen LogP contribution in [0.25, 0.3) is 0 Å². The quantitative estimate of drug-likeness (QED) is 0.0994. The van der Waals surface area contributed by atoms with Crippen molar-refractivity contribution < 1.29 is 32.4 Å². The van der Waals surface area contributed by atoms with Gasteiger partial charge in [-0.3, -0.25) is 10.1 Å². The van der Waals surface area contributed by atoms with E-state index in [1.165, 1.54) is 44.6 Å². The lowest BCUT2D eigenvalue weighted by Gasteiger charge is -2.12. The van der Waals surface area contributed by atoms with Crippen LogP contribution in [0, 0.1) is 10.1 Å². The molecule has 36 heavy (non-hydrogen) atoms. The van der Waals surface area contributed by atoms with Crippen molar-refractivity contribution in [3.63, 3.8) is 0 Å². The number of benzene rings is 2. The van der Waals surface area contributed by atoms with E-state index in [0.29, 0.717) is 12.5 Å². The van der Waals surface area contributed by atoms with Crippen LogP contribution in [0.15, 0.2) is 36.4 Å². The van der Waals surface area contributed by atoms with E-state index in [1.54, 1.807) is 0 Å². The summed E-state index contributed by atoms with van der Waals surface area (Å²) < 4.78 is 49.2. The lowest BCUT2D eigenvalue weighted by molar-refractivity contribution is -0.385. The first-order valence-corrected chi connectivity index (χ1v) is 12.5. The number of esters is 1. The van der Waals surface area contributed by atoms with Crippen molar-refractivity contribution in [2.45, 2.75) is 77.3 Å². The fourth-order valence-electron chi connectivity index (χ4n) is 3.62. The molecule has 0 aromatic heterocycles. The average Bonchev–Trinajstić information content (AvgIpc) is 2.82. The van der Waals surface area contributed by atoms with Crippen molar-refractivity contribution >= 4 is 23.3 Å². The minimum atomic E-state index is -4.57. The monoisotopic (exact) mass is 529 g/mol. The Labute approximate surface area is 213 Å². The molecular weight excluding hydrogens is 499 g/mol. The minimum absolute atomic E-state index is 0.00635. The third kappa shape index (κ3) is 9.68. The molecule has 0 saturated carbocycles. The van der Waals surface area contributed by atoms with Crippen molar-refractivity contribution in [3.8, 4) is 11.5 Å². The van der Waals surface area contributed by atoms with Gasteiger partial charge in [0.25, 0.3) is 5.69 Å². The highest BCUT2D eigenvalue weighted by Crippen LogP contribution is 2.37. The maximum atomic E-state index is 12.8. The van der Waals surface area contributed by atoms with Crippen LogP contribution >= 0.6 is 11.6 Å². The van der Waals surface area contributed by atoms with E-state index in [0.717, 1.165) is 43.5 Å². The summed E-state index contributed by atoms with van der Waals surface area (Å²) in [5, 5.41) is 11.1. The highest BCUT2D eigenvalue weighted by molar-refractivity contribution is 6.32. The first-order chi connectivity index (χ1) is 17.1. The number of alkyl halides is 3. The Morgan fingerprint density at radius 1 is 0.944 bits per heavy atom. The number of carbonyl (C=O) groups excluding carboxylic acids is 1. The van der Waals surface area contributed by atoms with E-state index in [4.69, 9.17) is 21.1 Å². The van der Waals surface area contributed by atoms with Gasteiger partial charge in [-0.25, -0.2) is 4.79 Å². The summed E-state index contributed by atoms with van der Waals surface area (Å²) in [6, 6.07) is 5.97.